The second-order valence-electron chi connectivity index (χ2n) is 4.93. The van der Waals surface area contributed by atoms with Gasteiger partial charge in [0.25, 0.3) is 0 Å². The second kappa shape index (κ2) is 6.34. The third-order valence-electron chi connectivity index (χ3n) is 3.43. The molecule has 1 aliphatic rings. The van der Waals surface area contributed by atoms with Gasteiger partial charge in [-0.15, -0.1) is 0 Å². The molecule has 2 aromatic rings. The number of H-pyrrole nitrogens is 1. The molecule has 112 valence electrons. The molecule has 2 amide bonds. The Balaban J connectivity index is 1.53. The van der Waals surface area contributed by atoms with Crippen molar-refractivity contribution in [3.63, 3.8) is 0 Å². The number of hydrogen-bond donors (Lipinski definition) is 2. The average Bonchev–Trinajstić information content (AvgIpc) is 2.89. The summed E-state index contributed by atoms with van der Waals surface area (Å²) in [6, 6.07) is 4.45. The van der Waals surface area contributed by atoms with Crippen molar-refractivity contribution in [2.75, 3.05) is 31.1 Å². The minimum absolute atomic E-state index is 0.0162. The molecule has 0 unspecified atom stereocenters. The van der Waals surface area contributed by atoms with E-state index in [-0.39, 0.29) is 11.8 Å². The number of carbonyl (C=O) groups is 1. The summed E-state index contributed by atoms with van der Waals surface area (Å²) in [4.78, 5) is 21.2. The van der Waals surface area contributed by atoms with Crippen LogP contribution in [0.5, 0.6) is 0 Å². The van der Waals surface area contributed by atoms with Crippen LogP contribution in [0.1, 0.15) is 5.82 Å². The van der Waals surface area contributed by atoms with Crippen LogP contribution in [0.4, 0.5) is 9.18 Å². The third kappa shape index (κ3) is 3.47. The van der Waals surface area contributed by atoms with Gasteiger partial charge in [0.2, 0.25) is 0 Å². The summed E-state index contributed by atoms with van der Waals surface area (Å²) in [5.41, 5.74) is 1.43. The number of urea groups is 1. The number of amides is 2. The Bertz CT molecular complexity index is 639. The first-order valence-electron chi connectivity index (χ1n) is 6.97. The molecule has 1 saturated heterocycles. The quantitative estimate of drug-likeness (QED) is 0.912. The molecular formula is C14H17FN4OS. The van der Waals surface area contributed by atoms with Gasteiger partial charge in [-0.1, -0.05) is 0 Å². The smallest absolute Gasteiger partial charge is 0.317 e. The molecule has 1 aliphatic heterocycles. The fourth-order valence-electron chi connectivity index (χ4n) is 2.32. The van der Waals surface area contributed by atoms with E-state index in [9.17, 15) is 9.18 Å². The Morgan fingerprint density at radius 3 is 3.05 bits per heavy atom. The van der Waals surface area contributed by atoms with Crippen LogP contribution in [0.2, 0.25) is 0 Å². The zero-order valence-electron chi connectivity index (χ0n) is 11.6. The van der Waals surface area contributed by atoms with Crippen LogP contribution in [-0.4, -0.2) is 52.0 Å². The fourth-order valence-corrected chi connectivity index (χ4v) is 3.22. The van der Waals surface area contributed by atoms with Crippen molar-refractivity contribution >= 4 is 28.8 Å². The summed E-state index contributed by atoms with van der Waals surface area (Å²) in [5, 5.41) is 2.90. The average molecular weight is 308 g/mol. The molecule has 0 saturated carbocycles. The Morgan fingerprint density at radius 1 is 1.43 bits per heavy atom. The summed E-state index contributed by atoms with van der Waals surface area (Å²) in [6.07, 6.45) is 0.602. The lowest BCUT2D eigenvalue weighted by Crippen LogP contribution is -2.44. The maximum Gasteiger partial charge on any atom is 0.317 e. The number of carbonyl (C=O) groups excluding carboxylic acids is 1. The van der Waals surface area contributed by atoms with E-state index in [2.05, 4.69) is 15.3 Å². The first kappa shape index (κ1) is 14.2. The number of nitrogens with one attached hydrogen (secondary N) is 2. The lowest BCUT2D eigenvalue weighted by molar-refractivity contribution is 0.203. The lowest BCUT2D eigenvalue weighted by atomic mass is 10.3. The molecule has 7 heteroatoms. The van der Waals surface area contributed by atoms with Crippen molar-refractivity contribution in [2.45, 2.75) is 6.42 Å². The number of aromatic amines is 1. The highest BCUT2D eigenvalue weighted by atomic mass is 32.2. The minimum Gasteiger partial charge on any atom is -0.342 e. The number of hydrogen-bond acceptors (Lipinski definition) is 3. The number of fused-ring (bicyclic) bond motifs is 1. The predicted molar refractivity (Wildman–Crippen MR) is 82.1 cm³/mol. The van der Waals surface area contributed by atoms with E-state index in [0.29, 0.717) is 18.5 Å². The van der Waals surface area contributed by atoms with E-state index < -0.39 is 0 Å². The van der Waals surface area contributed by atoms with Gasteiger partial charge in [0, 0.05) is 37.6 Å². The molecule has 3 rings (SSSR count). The van der Waals surface area contributed by atoms with Crippen molar-refractivity contribution in [3.05, 3.63) is 29.8 Å². The minimum atomic E-state index is -0.283. The van der Waals surface area contributed by atoms with Crippen molar-refractivity contribution in [1.82, 2.24) is 20.2 Å². The zero-order chi connectivity index (χ0) is 14.7. The van der Waals surface area contributed by atoms with Crippen LogP contribution in [0.3, 0.4) is 0 Å². The maximum absolute atomic E-state index is 13.1. The Labute approximate surface area is 126 Å². The standard InChI is InChI=1S/C14H17FN4OS/c15-10-1-2-11-12(9-10)18-13(17-11)3-4-16-14(20)19-5-7-21-8-6-19/h1-2,9H,3-8H2,(H,16,20)(H,17,18). The predicted octanol–water partition coefficient (Wildman–Crippen LogP) is 2.00. The van der Waals surface area contributed by atoms with Crippen LogP contribution < -0.4 is 5.32 Å². The van der Waals surface area contributed by atoms with Gasteiger partial charge in [-0.3, -0.25) is 0 Å². The first-order valence-corrected chi connectivity index (χ1v) is 8.12. The molecule has 2 N–H and O–H groups in total. The summed E-state index contributed by atoms with van der Waals surface area (Å²) in [5.74, 6) is 2.48. The van der Waals surface area contributed by atoms with Crippen molar-refractivity contribution < 1.29 is 9.18 Å². The number of nitrogens with zero attached hydrogens (tertiary/aromatic N) is 2. The molecule has 1 aromatic carbocycles. The zero-order valence-corrected chi connectivity index (χ0v) is 12.4. The van der Waals surface area contributed by atoms with E-state index in [4.69, 9.17) is 0 Å². The number of imidazole rings is 1. The monoisotopic (exact) mass is 308 g/mol. The molecule has 21 heavy (non-hydrogen) atoms. The summed E-state index contributed by atoms with van der Waals surface area (Å²) >= 11 is 1.87. The van der Waals surface area contributed by atoms with Crippen LogP contribution in [0.15, 0.2) is 18.2 Å². The highest BCUT2D eigenvalue weighted by Crippen LogP contribution is 2.13. The molecule has 2 heterocycles. The third-order valence-corrected chi connectivity index (χ3v) is 4.37. The van der Waals surface area contributed by atoms with Crippen molar-refractivity contribution in [2.24, 2.45) is 0 Å². The molecular weight excluding hydrogens is 291 g/mol. The van der Waals surface area contributed by atoms with E-state index >= 15 is 0 Å². The van der Waals surface area contributed by atoms with Crippen molar-refractivity contribution in [1.29, 1.82) is 0 Å². The molecule has 1 aromatic heterocycles. The van der Waals surface area contributed by atoms with Gasteiger partial charge in [-0.2, -0.15) is 11.8 Å². The van der Waals surface area contributed by atoms with Crippen LogP contribution in [0.25, 0.3) is 11.0 Å². The van der Waals surface area contributed by atoms with Crippen LogP contribution >= 0.6 is 11.8 Å². The fraction of sp³-hybridized carbons (Fsp3) is 0.429. The van der Waals surface area contributed by atoms with Gasteiger partial charge in [0.05, 0.1) is 11.0 Å². The number of aromatic nitrogens is 2. The highest BCUT2D eigenvalue weighted by molar-refractivity contribution is 7.99. The number of benzene rings is 1. The molecule has 0 aliphatic carbocycles. The Morgan fingerprint density at radius 2 is 2.24 bits per heavy atom. The maximum atomic E-state index is 13.1. The largest absolute Gasteiger partial charge is 0.342 e. The Hall–Kier alpha value is -1.76. The summed E-state index contributed by atoms with van der Waals surface area (Å²) in [6.45, 7) is 2.13. The Kier molecular flexibility index (Phi) is 4.28. The van der Waals surface area contributed by atoms with Gasteiger partial charge in [0.15, 0.2) is 0 Å². The molecule has 0 atom stereocenters. The van der Waals surface area contributed by atoms with Crippen LogP contribution in [0, 0.1) is 5.82 Å². The molecule has 0 spiro atoms. The van der Waals surface area contributed by atoms with Gasteiger partial charge < -0.3 is 15.2 Å². The van der Waals surface area contributed by atoms with Gasteiger partial charge in [-0.05, 0) is 18.2 Å². The molecule has 0 radical (unpaired) electrons. The van der Waals surface area contributed by atoms with E-state index in [0.717, 1.165) is 35.9 Å². The number of rotatable bonds is 3. The van der Waals surface area contributed by atoms with Gasteiger partial charge in [0.1, 0.15) is 11.6 Å². The van der Waals surface area contributed by atoms with E-state index in [1.54, 1.807) is 6.07 Å². The summed E-state index contributed by atoms with van der Waals surface area (Å²) < 4.78 is 13.1. The first-order chi connectivity index (χ1) is 10.2. The highest BCUT2D eigenvalue weighted by Gasteiger charge is 2.16. The second-order valence-corrected chi connectivity index (χ2v) is 6.15. The van der Waals surface area contributed by atoms with Gasteiger partial charge >= 0.3 is 6.03 Å². The molecule has 5 nitrogen and oxygen atoms in total. The van der Waals surface area contributed by atoms with Crippen LogP contribution in [-0.2, 0) is 6.42 Å². The molecule has 1 fully saturated rings. The SMILES string of the molecule is O=C(NCCc1nc2ccc(F)cc2[nH]1)N1CCSCC1. The topological polar surface area (TPSA) is 61.0 Å². The van der Waals surface area contributed by atoms with E-state index in [1.807, 2.05) is 16.7 Å². The molecule has 0 bridgehead atoms. The number of thioether (sulfide) groups is 1. The normalized spacial score (nSPS) is 15.4. The van der Waals surface area contributed by atoms with Crippen molar-refractivity contribution in [3.8, 4) is 0 Å². The van der Waals surface area contributed by atoms with Gasteiger partial charge in [-0.25, -0.2) is 14.2 Å². The number of halogens is 1. The summed E-state index contributed by atoms with van der Waals surface area (Å²) in [7, 11) is 0. The lowest BCUT2D eigenvalue weighted by Gasteiger charge is -2.26. The van der Waals surface area contributed by atoms with E-state index in [1.165, 1.54) is 12.1 Å².